The van der Waals surface area contributed by atoms with Crippen LogP contribution in [0.4, 0.5) is 11.5 Å². The SMILES string of the molecule is CC(C)c1ccccc1NCc1nccc(N)n1. The average molecular weight is 242 g/mol. The van der Waals surface area contributed by atoms with E-state index in [-0.39, 0.29) is 0 Å². The van der Waals surface area contributed by atoms with E-state index in [2.05, 4.69) is 47.3 Å². The number of para-hydroxylation sites is 1. The lowest BCUT2D eigenvalue weighted by atomic mass is 10.0. The van der Waals surface area contributed by atoms with Gasteiger partial charge in [-0.1, -0.05) is 32.0 Å². The summed E-state index contributed by atoms with van der Waals surface area (Å²) < 4.78 is 0. The highest BCUT2D eigenvalue weighted by atomic mass is 15.0. The highest BCUT2D eigenvalue weighted by molar-refractivity contribution is 5.52. The van der Waals surface area contributed by atoms with E-state index in [0.29, 0.717) is 24.1 Å². The lowest BCUT2D eigenvalue weighted by Gasteiger charge is -2.13. The molecule has 0 saturated heterocycles. The number of hydrogen-bond acceptors (Lipinski definition) is 4. The van der Waals surface area contributed by atoms with Crippen LogP contribution in [0, 0.1) is 0 Å². The number of nitrogens with two attached hydrogens (primary N) is 1. The van der Waals surface area contributed by atoms with Crippen LogP contribution in [-0.4, -0.2) is 9.97 Å². The van der Waals surface area contributed by atoms with Crippen LogP contribution in [0.2, 0.25) is 0 Å². The zero-order valence-corrected chi connectivity index (χ0v) is 10.7. The number of nitrogen functional groups attached to an aromatic ring is 1. The van der Waals surface area contributed by atoms with E-state index in [4.69, 9.17) is 5.73 Å². The van der Waals surface area contributed by atoms with Crippen LogP contribution in [0.5, 0.6) is 0 Å². The molecule has 0 aliphatic carbocycles. The van der Waals surface area contributed by atoms with Gasteiger partial charge in [0, 0.05) is 11.9 Å². The van der Waals surface area contributed by atoms with Crippen LogP contribution in [0.15, 0.2) is 36.5 Å². The van der Waals surface area contributed by atoms with E-state index in [1.807, 2.05) is 6.07 Å². The third kappa shape index (κ3) is 2.97. The summed E-state index contributed by atoms with van der Waals surface area (Å²) in [7, 11) is 0. The van der Waals surface area contributed by atoms with E-state index in [1.54, 1.807) is 12.3 Å². The summed E-state index contributed by atoms with van der Waals surface area (Å²) >= 11 is 0. The number of nitrogens with one attached hydrogen (secondary N) is 1. The maximum Gasteiger partial charge on any atom is 0.149 e. The van der Waals surface area contributed by atoms with Crippen LogP contribution < -0.4 is 11.1 Å². The molecular weight excluding hydrogens is 224 g/mol. The van der Waals surface area contributed by atoms with E-state index in [9.17, 15) is 0 Å². The fourth-order valence-electron chi connectivity index (χ4n) is 1.84. The second-order valence-electron chi connectivity index (χ2n) is 4.49. The maximum absolute atomic E-state index is 5.63. The quantitative estimate of drug-likeness (QED) is 0.865. The van der Waals surface area contributed by atoms with Gasteiger partial charge in [-0.05, 0) is 23.6 Å². The van der Waals surface area contributed by atoms with Crippen molar-refractivity contribution in [2.45, 2.75) is 26.3 Å². The van der Waals surface area contributed by atoms with Crippen molar-refractivity contribution < 1.29 is 0 Å². The lowest BCUT2D eigenvalue weighted by Crippen LogP contribution is -2.07. The summed E-state index contributed by atoms with van der Waals surface area (Å²) in [5.41, 5.74) is 8.04. The van der Waals surface area contributed by atoms with Gasteiger partial charge >= 0.3 is 0 Å². The smallest absolute Gasteiger partial charge is 0.149 e. The van der Waals surface area contributed by atoms with Gasteiger partial charge in [-0.25, -0.2) is 9.97 Å². The van der Waals surface area contributed by atoms with E-state index >= 15 is 0 Å². The second-order valence-corrected chi connectivity index (χ2v) is 4.49. The van der Waals surface area contributed by atoms with Crippen molar-refractivity contribution in [1.29, 1.82) is 0 Å². The molecule has 0 bridgehead atoms. The standard InChI is InChI=1S/C14H18N4/c1-10(2)11-5-3-4-6-12(11)17-9-14-16-8-7-13(15)18-14/h3-8,10,17H,9H2,1-2H3,(H2,15,16,18). The topological polar surface area (TPSA) is 63.8 Å². The predicted octanol–water partition coefficient (Wildman–Crippen LogP) is 2.79. The summed E-state index contributed by atoms with van der Waals surface area (Å²) in [6.07, 6.45) is 1.67. The van der Waals surface area contributed by atoms with Gasteiger partial charge in [-0.15, -0.1) is 0 Å². The Kier molecular flexibility index (Phi) is 3.77. The summed E-state index contributed by atoms with van der Waals surface area (Å²) in [5, 5.41) is 3.36. The molecule has 1 aromatic heterocycles. The summed E-state index contributed by atoms with van der Waals surface area (Å²) in [4.78, 5) is 8.34. The van der Waals surface area contributed by atoms with Crippen molar-refractivity contribution in [3.05, 3.63) is 47.9 Å². The first-order valence-electron chi connectivity index (χ1n) is 6.07. The van der Waals surface area contributed by atoms with Crippen LogP contribution in [-0.2, 0) is 6.54 Å². The Morgan fingerprint density at radius 3 is 2.72 bits per heavy atom. The summed E-state index contributed by atoms with van der Waals surface area (Å²) in [5.74, 6) is 1.68. The minimum absolute atomic E-state index is 0.482. The van der Waals surface area contributed by atoms with Crippen molar-refractivity contribution in [3.8, 4) is 0 Å². The van der Waals surface area contributed by atoms with Crippen molar-refractivity contribution in [3.63, 3.8) is 0 Å². The van der Waals surface area contributed by atoms with E-state index in [1.165, 1.54) is 5.56 Å². The number of nitrogens with zero attached hydrogens (tertiary/aromatic N) is 2. The van der Waals surface area contributed by atoms with Gasteiger partial charge in [0.2, 0.25) is 0 Å². The highest BCUT2D eigenvalue weighted by Gasteiger charge is 2.05. The molecule has 0 saturated carbocycles. The van der Waals surface area contributed by atoms with E-state index in [0.717, 1.165) is 5.69 Å². The molecule has 2 aromatic rings. The lowest BCUT2D eigenvalue weighted by molar-refractivity contribution is 0.861. The molecule has 1 heterocycles. The molecule has 4 nitrogen and oxygen atoms in total. The number of anilines is 2. The zero-order chi connectivity index (χ0) is 13.0. The molecule has 0 amide bonds. The summed E-state index contributed by atoms with van der Waals surface area (Å²) in [6, 6.07) is 9.96. The maximum atomic E-state index is 5.63. The molecule has 0 spiro atoms. The first-order valence-corrected chi connectivity index (χ1v) is 6.07. The minimum atomic E-state index is 0.482. The Balaban J connectivity index is 2.11. The Morgan fingerprint density at radius 1 is 1.22 bits per heavy atom. The Labute approximate surface area is 107 Å². The average Bonchev–Trinajstić information content (AvgIpc) is 2.37. The van der Waals surface area contributed by atoms with Gasteiger partial charge in [-0.2, -0.15) is 0 Å². The molecule has 0 unspecified atom stereocenters. The van der Waals surface area contributed by atoms with Crippen LogP contribution >= 0.6 is 0 Å². The van der Waals surface area contributed by atoms with Gasteiger partial charge in [0.15, 0.2) is 0 Å². The molecule has 0 fully saturated rings. The molecule has 1 aromatic carbocycles. The van der Waals surface area contributed by atoms with Crippen LogP contribution in [0.25, 0.3) is 0 Å². The zero-order valence-electron chi connectivity index (χ0n) is 10.7. The molecule has 94 valence electrons. The number of rotatable bonds is 4. The molecule has 18 heavy (non-hydrogen) atoms. The normalized spacial score (nSPS) is 10.6. The highest BCUT2D eigenvalue weighted by Crippen LogP contribution is 2.23. The second kappa shape index (κ2) is 5.49. The Bertz CT molecular complexity index is 523. The van der Waals surface area contributed by atoms with Crippen LogP contribution in [0.3, 0.4) is 0 Å². The number of benzene rings is 1. The van der Waals surface area contributed by atoms with Gasteiger partial charge in [0.25, 0.3) is 0 Å². The third-order valence-electron chi connectivity index (χ3n) is 2.75. The van der Waals surface area contributed by atoms with Gasteiger partial charge < -0.3 is 11.1 Å². The minimum Gasteiger partial charge on any atom is -0.384 e. The molecule has 2 rings (SSSR count). The first-order chi connectivity index (χ1) is 8.66. The number of hydrogen-bond donors (Lipinski definition) is 2. The molecule has 0 atom stereocenters. The molecule has 0 aliphatic heterocycles. The van der Waals surface area contributed by atoms with Crippen molar-refractivity contribution in [1.82, 2.24) is 9.97 Å². The van der Waals surface area contributed by atoms with E-state index < -0.39 is 0 Å². The monoisotopic (exact) mass is 242 g/mol. The predicted molar refractivity (Wildman–Crippen MR) is 74.3 cm³/mol. The Hall–Kier alpha value is -2.10. The molecule has 3 N–H and O–H groups in total. The fraction of sp³-hybridized carbons (Fsp3) is 0.286. The van der Waals surface area contributed by atoms with Crippen molar-refractivity contribution >= 4 is 11.5 Å². The largest absolute Gasteiger partial charge is 0.384 e. The Morgan fingerprint density at radius 2 is 2.00 bits per heavy atom. The van der Waals surface area contributed by atoms with Crippen molar-refractivity contribution in [2.75, 3.05) is 11.1 Å². The molecule has 0 aliphatic rings. The summed E-state index contributed by atoms with van der Waals surface area (Å²) in [6.45, 7) is 4.93. The van der Waals surface area contributed by atoms with Crippen molar-refractivity contribution in [2.24, 2.45) is 0 Å². The van der Waals surface area contributed by atoms with Crippen LogP contribution in [0.1, 0.15) is 31.2 Å². The molecular formula is C14H18N4. The third-order valence-corrected chi connectivity index (χ3v) is 2.75. The van der Waals surface area contributed by atoms with Gasteiger partial charge in [0.1, 0.15) is 11.6 Å². The molecule has 4 heteroatoms. The number of aromatic nitrogens is 2. The molecule has 0 radical (unpaired) electrons. The fourth-order valence-corrected chi connectivity index (χ4v) is 1.84. The first kappa shape index (κ1) is 12.4. The van der Waals surface area contributed by atoms with Gasteiger partial charge in [0.05, 0.1) is 6.54 Å². The van der Waals surface area contributed by atoms with Gasteiger partial charge in [-0.3, -0.25) is 0 Å².